The minimum Gasteiger partial charge on any atom is -0.367 e. The largest absolute Gasteiger partial charge is 0.393 e. The molecule has 3 aromatic heterocycles. The second kappa shape index (κ2) is 12.9. The van der Waals surface area contributed by atoms with Crippen molar-refractivity contribution in [2.75, 3.05) is 44.6 Å². The molecule has 5 heterocycles. The van der Waals surface area contributed by atoms with E-state index in [0.29, 0.717) is 21.7 Å². The van der Waals surface area contributed by atoms with E-state index in [4.69, 9.17) is 0 Å². The Bertz CT molecular complexity index is 1760. The highest BCUT2D eigenvalue weighted by atomic mass is 32.1. The molecule has 1 aromatic carbocycles. The third kappa shape index (κ3) is 6.92. The number of aryl methyl sites for hydroxylation is 1. The van der Waals surface area contributed by atoms with E-state index in [1.54, 1.807) is 6.07 Å². The summed E-state index contributed by atoms with van der Waals surface area (Å²) in [5.74, 6) is 0.598. The normalized spacial score (nSPS) is 18.7. The van der Waals surface area contributed by atoms with Crippen LogP contribution in [-0.2, 0) is 24.3 Å². The number of nitrogens with one attached hydrogen (secondary N) is 1. The molecule has 0 unspecified atom stereocenters. The first-order chi connectivity index (χ1) is 21.9. The second-order valence-electron chi connectivity index (χ2n) is 13.1. The molecule has 1 atom stereocenters. The summed E-state index contributed by atoms with van der Waals surface area (Å²) in [5.41, 5.74) is 4.19. The van der Waals surface area contributed by atoms with E-state index in [1.807, 2.05) is 11.0 Å². The maximum atomic E-state index is 12.9. The molecule has 1 amide bonds. The molecular formula is C32H39F3N8OSSi. The van der Waals surface area contributed by atoms with Crippen molar-refractivity contribution in [2.24, 2.45) is 0 Å². The van der Waals surface area contributed by atoms with Crippen molar-refractivity contribution in [3.8, 4) is 6.07 Å². The summed E-state index contributed by atoms with van der Waals surface area (Å²) < 4.78 is 41.0. The summed E-state index contributed by atoms with van der Waals surface area (Å²) in [6.07, 6.45) is -1.09. The number of carbonyl (C=O) groups excluding carboxylic acids is 1. The third-order valence-electron chi connectivity index (χ3n) is 9.52. The number of amides is 1. The molecule has 244 valence electrons. The predicted octanol–water partition coefficient (Wildman–Crippen LogP) is 3.86. The molecule has 4 aromatic rings. The molecule has 1 N–H and O–H groups in total. The van der Waals surface area contributed by atoms with E-state index in [0.717, 1.165) is 104 Å². The van der Waals surface area contributed by atoms with E-state index >= 15 is 0 Å². The minimum atomic E-state index is -4.26. The van der Waals surface area contributed by atoms with Gasteiger partial charge in [0, 0.05) is 89.6 Å². The van der Waals surface area contributed by atoms with Crippen LogP contribution in [0.2, 0.25) is 0 Å². The molecule has 0 bridgehead atoms. The number of rotatable bonds is 9. The molecule has 0 radical (unpaired) electrons. The molecular weight excluding hydrogens is 630 g/mol. The molecule has 14 heteroatoms. The predicted molar refractivity (Wildman–Crippen MR) is 178 cm³/mol. The Morgan fingerprint density at radius 3 is 2.52 bits per heavy atom. The standard InChI is InChI=1S/C32H39F3N8OSSi/c1-21-22(3-4-28-26(21)13-24(16-36)43(28)18-31(2,46)42-11-9-41(20-44)10-12-42)17-40-7-5-23(6-8-40)39-29-27-14-25(15-32(33,34)35)45-30(27)38-19-37-29/h3-4,13-14,19-20,23H,5-12,15,17-18H2,1-2,46H3,(H,37,38,39)/t31-/m0/s1. The SMILES string of the molecule is Cc1c(CN2CCC(Nc3ncnc4sc(CC(F)(F)F)cc34)CC2)ccc2c1cc(C#N)n2C[C@](C)([SiH3])N1CCN(C=O)CC1. The van der Waals surface area contributed by atoms with Gasteiger partial charge in [-0.3, -0.25) is 14.6 Å². The minimum absolute atomic E-state index is 0.0518. The van der Waals surface area contributed by atoms with Crippen LogP contribution in [0.5, 0.6) is 0 Å². The van der Waals surface area contributed by atoms with Crippen LogP contribution < -0.4 is 5.32 Å². The fourth-order valence-corrected chi connectivity index (χ4v) is 8.64. The van der Waals surface area contributed by atoms with Gasteiger partial charge in [-0.05, 0) is 56.0 Å². The number of anilines is 1. The number of aromatic nitrogens is 3. The molecule has 2 aliphatic rings. The number of halogens is 3. The average Bonchev–Trinajstić information content (AvgIpc) is 3.59. The third-order valence-corrected chi connectivity index (χ3v) is 11.5. The molecule has 0 spiro atoms. The quantitative estimate of drug-likeness (QED) is 0.214. The average molecular weight is 669 g/mol. The summed E-state index contributed by atoms with van der Waals surface area (Å²) in [6, 6.07) is 10.5. The van der Waals surface area contributed by atoms with Gasteiger partial charge in [0.2, 0.25) is 6.41 Å². The highest BCUT2D eigenvalue weighted by Gasteiger charge is 2.32. The first-order valence-corrected chi connectivity index (χ1v) is 17.5. The van der Waals surface area contributed by atoms with Crippen molar-refractivity contribution < 1.29 is 18.0 Å². The number of piperidine rings is 1. The number of alkyl halides is 3. The van der Waals surface area contributed by atoms with E-state index in [9.17, 15) is 23.2 Å². The van der Waals surface area contributed by atoms with Gasteiger partial charge in [0.05, 0.1) is 11.8 Å². The van der Waals surface area contributed by atoms with Gasteiger partial charge in [0.15, 0.2) is 0 Å². The van der Waals surface area contributed by atoms with Crippen molar-refractivity contribution in [2.45, 2.75) is 63.6 Å². The summed E-state index contributed by atoms with van der Waals surface area (Å²) in [6.45, 7) is 10.9. The van der Waals surface area contributed by atoms with Gasteiger partial charge in [-0.15, -0.1) is 11.3 Å². The lowest BCUT2D eigenvalue weighted by molar-refractivity contribution is -0.126. The van der Waals surface area contributed by atoms with Crippen LogP contribution in [0.15, 0.2) is 30.6 Å². The molecule has 2 fully saturated rings. The number of thiophene rings is 1. The zero-order valence-corrected chi connectivity index (χ0v) is 29.2. The molecule has 0 aliphatic carbocycles. The van der Waals surface area contributed by atoms with Gasteiger partial charge in [-0.1, -0.05) is 6.07 Å². The van der Waals surface area contributed by atoms with E-state index in [2.05, 4.69) is 61.7 Å². The molecule has 46 heavy (non-hydrogen) atoms. The van der Waals surface area contributed by atoms with E-state index < -0.39 is 12.6 Å². The number of hydrogen-bond acceptors (Lipinski definition) is 8. The Morgan fingerprint density at radius 1 is 1.11 bits per heavy atom. The topological polar surface area (TPSA) is 93.3 Å². The maximum absolute atomic E-state index is 12.9. The van der Waals surface area contributed by atoms with Gasteiger partial charge >= 0.3 is 6.18 Å². The second-order valence-corrected chi connectivity index (χ2v) is 16.4. The number of carbonyl (C=O) groups is 1. The monoisotopic (exact) mass is 668 g/mol. The summed E-state index contributed by atoms with van der Waals surface area (Å²) >= 11 is 1.07. The first kappa shape index (κ1) is 32.4. The number of hydrogen-bond donors (Lipinski definition) is 1. The van der Waals surface area contributed by atoms with Gasteiger partial charge in [-0.2, -0.15) is 18.4 Å². The number of fused-ring (bicyclic) bond motifs is 2. The van der Waals surface area contributed by atoms with Crippen molar-refractivity contribution in [3.05, 3.63) is 52.3 Å². The van der Waals surface area contributed by atoms with Crippen molar-refractivity contribution >= 4 is 54.9 Å². The van der Waals surface area contributed by atoms with Crippen molar-refractivity contribution in [1.29, 1.82) is 5.26 Å². The van der Waals surface area contributed by atoms with E-state index in [-0.39, 0.29) is 16.1 Å². The zero-order chi connectivity index (χ0) is 32.6. The highest BCUT2D eigenvalue weighted by molar-refractivity contribution is 7.18. The van der Waals surface area contributed by atoms with Crippen LogP contribution >= 0.6 is 11.3 Å². The lowest BCUT2D eigenvalue weighted by Crippen LogP contribution is -2.57. The van der Waals surface area contributed by atoms with Gasteiger partial charge in [-0.25, -0.2) is 9.97 Å². The van der Waals surface area contributed by atoms with Crippen molar-refractivity contribution in [1.82, 2.24) is 29.2 Å². The molecule has 2 aliphatic heterocycles. The smallest absolute Gasteiger partial charge is 0.367 e. The number of piperazine rings is 1. The van der Waals surface area contributed by atoms with Gasteiger partial charge < -0.3 is 14.8 Å². The number of likely N-dealkylation sites (tertiary alicyclic amines) is 1. The van der Waals surface area contributed by atoms with Crippen LogP contribution in [0.1, 0.15) is 41.5 Å². The molecule has 0 saturated carbocycles. The highest BCUT2D eigenvalue weighted by Crippen LogP contribution is 2.34. The maximum Gasteiger partial charge on any atom is 0.393 e. The Morgan fingerprint density at radius 2 is 1.85 bits per heavy atom. The molecule has 9 nitrogen and oxygen atoms in total. The Labute approximate surface area is 273 Å². The van der Waals surface area contributed by atoms with Crippen LogP contribution in [0.4, 0.5) is 19.0 Å². The summed E-state index contributed by atoms with van der Waals surface area (Å²) in [5, 5.41) is 15.3. The van der Waals surface area contributed by atoms with Crippen LogP contribution in [0.3, 0.4) is 0 Å². The fraction of sp³-hybridized carbons (Fsp3) is 0.500. The number of nitrogens with zero attached hydrogens (tertiary/aromatic N) is 7. The van der Waals surface area contributed by atoms with Crippen molar-refractivity contribution in [3.63, 3.8) is 0 Å². The fourth-order valence-electron chi connectivity index (χ4n) is 6.85. The summed E-state index contributed by atoms with van der Waals surface area (Å²) in [7, 11) is 0.922. The van der Waals surface area contributed by atoms with Gasteiger partial charge in [0.1, 0.15) is 28.7 Å². The number of nitriles is 1. The number of benzene rings is 1. The zero-order valence-electron chi connectivity index (χ0n) is 26.4. The Balaban J connectivity index is 1.11. The Hall–Kier alpha value is -3.51. The van der Waals surface area contributed by atoms with E-state index in [1.165, 1.54) is 17.5 Å². The lowest BCUT2D eigenvalue weighted by atomic mass is 10.0. The summed E-state index contributed by atoms with van der Waals surface area (Å²) in [4.78, 5) is 27.3. The lowest BCUT2D eigenvalue weighted by Gasteiger charge is -2.43. The first-order valence-electron chi connectivity index (χ1n) is 15.7. The Kier molecular flexibility index (Phi) is 9.12. The van der Waals surface area contributed by atoms with Gasteiger partial charge in [0.25, 0.3) is 0 Å². The molecule has 6 rings (SSSR count). The van der Waals surface area contributed by atoms with Crippen LogP contribution in [-0.4, -0.2) is 103 Å². The van der Waals surface area contributed by atoms with Crippen LogP contribution in [0.25, 0.3) is 21.1 Å². The molecule has 2 saturated heterocycles. The van der Waals surface area contributed by atoms with Crippen LogP contribution in [0, 0.1) is 18.3 Å².